The molecule has 3 N–H and O–H groups in total. The zero-order valence-electron chi connectivity index (χ0n) is 8.19. The fourth-order valence-electron chi connectivity index (χ4n) is 0.958. The molecule has 1 aromatic carbocycles. The summed E-state index contributed by atoms with van der Waals surface area (Å²) in [5, 5.41) is 8.54. The lowest BCUT2D eigenvalue weighted by atomic mass is 10.2. The molecule has 16 heavy (non-hydrogen) atoms. The molecule has 0 aliphatic rings. The molecule has 8 heteroatoms. The van der Waals surface area contributed by atoms with E-state index in [2.05, 4.69) is 0 Å². The summed E-state index contributed by atoms with van der Waals surface area (Å²) in [5.41, 5.74) is -0.579. The van der Waals surface area contributed by atoms with Crippen LogP contribution in [0.4, 0.5) is 10.1 Å². The van der Waals surface area contributed by atoms with Crippen molar-refractivity contribution in [1.29, 1.82) is 0 Å². The summed E-state index contributed by atoms with van der Waals surface area (Å²) < 4.78 is 39.2. The lowest BCUT2D eigenvalue weighted by Gasteiger charge is -2.06. The first-order valence-corrected chi connectivity index (χ1v) is 5.58. The highest BCUT2D eigenvalue weighted by Gasteiger charge is 2.12. The van der Waals surface area contributed by atoms with Crippen LogP contribution in [0.15, 0.2) is 18.2 Å². The topological polar surface area (TPSA) is 95.5 Å². The Bertz CT molecular complexity index is 515. The Morgan fingerprint density at radius 2 is 2.06 bits per heavy atom. The predicted molar refractivity (Wildman–Crippen MR) is 55.0 cm³/mol. The van der Waals surface area contributed by atoms with Gasteiger partial charge in [-0.25, -0.2) is 13.9 Å². The third-order valence-electron chi connectivity index (χ3n) is 1.72. The van der Waals surface area contributed by atoms with Gasteiger partial charge in [0, 0.05) is 7.05 Å². The molecule has 0 unspecified atom stereocenters. The van der Waals surface area contributed by atoms with E-state index in [0.29, 0.717) is 0 Å². The van der Waals surface area contributed by atoms with Crippen molar-refractivity contribution in [2.75, 3.05) is 11.8 Å². The van der Waals surface area contributed by atoms with E-state index in [9.17, 15) is 17.6 Å². The molecule has 0 aromatic heterocycles. The molecule has 0 atom stereocenters. The van der Waals surface area contributed by atoms with E-state index in [-0.39, 0.29) is 5.69 Å². The minimum Gasteiger partial charge on any atom is -0.478 e. The largest absolute Gasteiger partial charge is 0.478 e. The first-order chi connectivity index (χ1) is 7.35. The third kappa shape index (κ3) is 2.91. The number of carbonyl (C=O) groups is 1. The summed E-state index contributed by atoms with van der Waals surface area (Å²) in [6, 6.07) is 2.92. The maximum atomic E-state index is 13.1. The van der Waals surface area contributed by atoms with Gasteiger partial charge in [0.1, 0.15) is 5.82 Å². The van der Waals surface area contributed by atoms with Crippen LogP contribution in [-0.2, 0) is 10.2 Å². The molecule has 1 aromatic rings. The molecule has 1 rings (SSSR count). The van der Waals surface area contributed by atoms with Gasteiger partial charge in [-0.05, 0) is 18.2 Å². The van der Waals surface area contributed by atoms with Gasteiger partial charge in [-0.3, -0.25) is 4.72 Å². The molecule has 0 aliphatic carbocycles. The summed E-state index contributed by atoms with van der Waals surface area (Å²) >= 11 is 0. The van der Waals surface area contributed by atoms with Crippen LogP contribution in [0.25, 0.3) is 0 Å². The van der Waals surface area contributed by atoms with Gasteiger partial charge in [-0.2, -0.15) is 8.42 Å². The second-order valence-electron chi connectivity index (χ2n) is 2.81. The first kappa shape index (κ1) is 12.4. The maximum absolute atomic E-state index is 13.1. The van der Waals surface area contributed by atoms with E-state index < -0.39 is 27.6 Å². The molecular formula is C8H9FN2O4S. The van der Waals surface area contributed by atoms with Crippen molar-refractivity contribution in [3.8, 4) is 0 Å². The van der Waals surface area contributed by atoms with Crippen LogP contribution in [0.3, 0.4) is 0 Å². The minimum absolute atomic E-state index is 0.0585. The van der Waals surface area contributed by atoms with Crippen LogP contribution in [-0.4, -0.2) is 26.5 Å². The number of hydrogen-bond donors (Lipinski definition) is 3. The molecule has 0 saturated heterocycles. The third-order valence-corrected chi connectivity index (χ3v) is 2.76. The highest BCUT2D eigenvalue weighted by molar-refractivity contribution is 7.90. The van der Waals surface area contributed by atoms with Gasteiger partial charge < -0.3 is 5.11 Å². The quantitative estimate of drug-likeness (QED) is 0.718. The molecular weight excluding hydrogens is 239 g/mol. The van der Waals surface area contributed by atoms with Crippen LogP contribution in [0.5, 0.6) is 0 Å². The molecule has 0 saturated carbocycles. The Hall–Kier alpha value is -1.67. The fraction of sp³-hybridized carbons (Fsp3) is 0.125. The zero-order valence-corrected chi connectivity index (χ0v) is 9.01. The Labute approximate surface area is 91.3 Å². The number of rotatable bonds is 4. The predicted octanol–water partition coefficient (Wildman–Crippen LogP) is 0.400. The number of hydrogen-bond acceptors (Lipinski definition) is 3. The van der Waals surface area contributed by atoms with Gasteiger partial charge in [0.25, 0.3) is 10.2 Å². The molecule has 0 heterocycles. The van der Waals surface area contributed by atoms with E-state index >= 15 is 0 Å². The molecule has 0 aliphatic heterocycles. The lowest BCUT2D eigenvalue weighted by molar-refractivity contribution is 0.0692. The molecule has 88 valence electrons. The van der Waals surface area contributed by atoms with E-state index in [4.69, 9.17) is 5.11 Å². The van der Waals surface area contributed by atoms with Crippen molar-refractivity contribution in [2.24, 2.45) is 0 Å². The van der Waals surface area contributed by atoms with Crippen LogP contribution in [0.2, 0.25) is 0 Å². The summed E-state index contributed by atoms with van der Waals surface area (Å²) in [7, 11) is -2.55. The van der Waals surface area contributed by atoms with Crippen molar-refractivity contribution in [1.82, 2.24) is 4.72 Å². The van der Waals surface area contributed by atoms with Crippen LogP contribution >= 0.6 is 0 Å². The van der Waals surface area contributed by atoms with Crippen molar-refractivity contribution in [2.45, 2.75) is 0 Å². The van der Waals surface area contributed by atoms with Gasteiger partial charge >= 0.3 is 5.97 Å². The summed E-state index contributed by atoms with van der Waals surface area (Å²) in [6.07, 6.45) is 0. The summed E-state index contributed by atoms with van der Waals surface area (Å²) in [5.74, 6) is -2.43. The molecule has 0 fully saturated rings. The molecule has 0 bridgehead atoms. The van der Waals surface area contributed by atoms with Crippen molar-refractivity contribution < 1.29 is 22.7 Å². The zero-order chi connectivity index (χ0) is 12.3. The molecule has 6 nitrogen and oxygen atoms in total. The van der Waals surface area contributed by atoms with Crippen LogP contribution < -0.4 is 9.44 Å². The lowest BCUT2D eigenvalue weighted by Crippen LogP contribution is -2.26. The number of anilines is 1. The monoisotopic (exact) mass is 248 g/mol. The standard InChI is InChI=1S/C8H9FN2O4S/c1-10-16(14,15)11-5-2-3-6(8(12)13)7(9)4-5/h2-4,10-11H,1H3,(H,12,13). The molecule has 0 radical (unpaired) electrons. The normalized spacial score (nSPS) is 11.1. The van der Waals surface area contributed by atoms with Gasteiger partial charge in [-0.15, -0.1) is 0 Å². The number of aromatic carboxylic acids is 1. The van der Waals surface area contributed by atoms with Crippen molar-refractivity contribution in [3.63, 3.8) is 0 Å². The highest BCUT2D eigenvalue weighted by Crippen LogP contribution is 2.15. The van der Waals surface area contributed by atoms with Crippen molar-refractivity contribution in [3.05, 3.63) is 29.6 Å². The molecule has 0 amide bonds. The summed E-state index contributed by atoms with van der Waals surface area (Å²) in [4.78, 5) is 10.5. The number of benzene rings is 1. The summed E-state index contributed by atoms with van der Waals surface area (Å²) in [6.45, 7) is 0. The van der Waals surface area contributed by atoms with Gasteiger partial charge in [0.2, 0.25) is 0 Å². The average molecular weight is 248 g/mol. The fourth-order valence-corrected chi connectivity index (χ4v) is 1.50. The van der Waals surface area contributed by atoms with E-state index in [0.717, 1.165) is 18.2 Å². The van der Waals surface area contributed by atoms with E-state index in [1.807, 2.05) is 9.44 Å². The molecule has 0 spiro atoms. The van der Waals surface area contributed by atoms with Crippen LogP contribution in [0, 0.1) is 5.82 Å². The van der Waals surface area contributed by atoms with Gasteiger partial charge in [-0.1, -0.05) is 0 Å². The Morgan fingerprint density at radius 1 is 1.44 bits per heavy atom. The first-order valence-electron chi connectivity index (χ1n) is 4.10. The van der Waals surface area contributed by atoms with Gasteiger partial charge in [0.05, 0.1) is 11.3 Å². The Balaban J connectivity index is 3.03. The number of carboxylic acids is 1. The number of carboxylic acid groups (broad SMARTS) is 1. The van der Waals surface area contributed by atoms with E-state index in [1.165, 1.54) is 7.05 Å². The minimum atomic E-state index is -3.74. The van der Waals surface area contributed by atoms with E-state index in [1.54, 1.807) is 0 Å². The smallest absolute Gasteiger partial charge is 0.338 e. The second-order valence-corrected chi connectivity index (χ2v) is 4.43. The highest BCUT2D eigenvalue weighted by atomic mass is 32.2. The number of nitrogens with one attached hydrogen (secondary N) is 2. The van der Waals surface area contributed by atoms with Crippen molar-refractivity contribution >= 4 is 21.9 Å². The number of halogens is 1. The van der Waals surface area contributed by atoms with Crippen LogP contribution in [0.1, 0.15) is 10.4 Å². The maximum Gasteiger partial charge on any atom is 0.338 e. The Kier molecular flexibility index (Phi) is 3.45. The Morgan fingerprint density at radius 3 is 2.50 bits per heavy atom. The van der Waals surface area contributed by atoms with Gasteiger partial charge in [0.15, 0.2) is 0 Å². The average Bonchev–Trinajstić information content (AvgIpc) is 2.16. The second kappa shape index (κ2) is 4.45. The SMILES string of the molecule is CNS(=O)(=O)Nc1ccc(C(=O)O)c(F)c1.